The van der Waals surface area contributed by atoms with Gasteiger partial charge in [0.15, 0.2) is 0 Å². The van der Waals surface area contributed by atoms with Crippen LogP contribution in [0.3, 0.4) is 0 Å². The Kier molecular flexibility index (Phi) is 4.05. The lowest BCUT2D eigenvalue weighted by atomic mass is 10.4. The van der Waals surface area contributed by atoms with Gasteiger partial charge in [0, 0.05) is 13.1 Å². The van der Waals surface area contributed by atoms with E-state index in [0.717, 1.165) is 17.2 Å². The minimum absolute atomic E-state index is 0.0120. The summed E-state index contributed by atoms with van der Waals surface area (Å²) in [6, 6.07) is 2.25. The molecule has 1 rings (SSSR count). The minimum atomic E-state index is -4.34. The number of pyridine rings is 1. The largest absolute Gasteiger partial charge is 0.405 e. The molecule has 0 aromatic carbocycles. The van der Waals surface area contributed by atoms with Crippen molar-refractivity contribution in [1.82, 2.24) is 4.98 Å². The molecule has 1 aromatic rings. The van der Waals surface area contributed by atoms with Crippen molar-refractivity contribution in [1.29, 1.82) is 0 Å². The summed E-state index contributed by atoms with van der Waals surface area (Å²) in [5.74, 6) is -0.535. The van der Waals surface area contributed by atoms with Crippen LogP contribution in [0, 0.1) is 5.82 Å². The van der Waals surface area contributed by atoms with E-state index >= 15 is 0 Å². The monoisotopic (exact) mass is 237 g/mol. The molecule has 0 aliphatic carbocycles. The zero-order valence-electron chi connectivity index (χ0n) is 8.34. The Morgan fingerprint density at radius 3 is 2.44 bits per heavy atom. The summed E-state index contributed by atoms with van der Waals surface area (Å²) < 4.78 is 49.2. The summed E-state index contributed by atoms with van der Waals surface area (Å²) in [5, 5.41) is 0. The lowest BCUT2D eigenvalue weighted by molar-refractivity contribution is -0.119. The fourth-order valence-electron chi connectivity index (χ4n) is 1.20. The van der Waals surface area contributed by atoms with Crippen LogP contribution in [0.2, 0.25) is 0 Å². The van der Waals surface area contributed by atoms with Crippen LogP contribution in [-0.4, -0.2) is 30.8 Å². The second-order valence-corrected chi connectivity index (χ2v) is 3.16. The molecule has 0 unspecified atom stereocenters. The van der Waals surface area contributed by atoms with Crippen LogP contribution >= 0.6 is 0 Å². The van der Waals surface area contributed by atoms with E-state index in [1.807, 2.05) is 0 Å². The third-order valence-corrected chi connectivity index (χ3v) is 1.80. The van der Waals surface area contributed by atoms with Gasteiger partial charge in [-0.05, 0) is 12.1 Å². The number of nitrogens with zero attached hydrogens (tertiary/aromatic N) is 2. The van der Waals surface area contributed by atoms with Crippen molar-refractivity contribution in [3.8, 4) is 0 Å². The topological polar surface area (TPSA) is 42.1 Å². The second kappa shape index (κ2) is 5.11. The molecule has 7 heteroatoms. The van der Waals surface area contributed by atoms with Crippen LogP contribution in [-0.2, 0) is 0 Å². The van der Waals surface area contributed by atoms with Gasteiger partial charge in [-0.2, -0.15) is 13.2 Å². The molecular formula is C9H11F4N3. The number of anilines is 1. The molecule has 1 aromatic heterocycles. The molecule has 0 radical (unpaired) electrons. The fraction of sp³-hybridized carbons (Fsp3) is 0.444. The Labute approximate surface area is 89.9 Å². The van der Waals surface area contributed by atoms with Crippen LogP contribution in [0.5, 0.6) is 0 Å². The normalized spacial score (nSPS) is 11.6. The lowest BCUT2D eigenvalue weighted by Crippen LogP contribution is -2.38. The third kappa shape index (κ3) is 4.01. The van der Waals surface area contributed by atoms with Gasteiger partial charge in [0.05, 0.1) is 6.20 Å². The summed E-state index contributed by atoms with van der Waals surface area (Å²) in [7, 11) is 0. The summed E-state index contributed by atoms with van der Waals surface area (Å²) in [4.78, 5) is 4.53. The van der Waals surface area contributed by atoms with Crippen molar-refractivity contribution in [3.05, 3.63) is 24.1 Å². The van der Waals surface area contributed by atoms with Crippen molar-refractivity contribution < 1.29 is 17.6 Å². The Morgan fingerprint density at radius 2 is 2.00 bits per heavy atom. The molecule has 2 N–H and O–H groups in total. The highest BCUT2D eigenvalue weighted by Gasteiger charge is 2.31. The first-order chi connectivity index (χ1) is 7.42. The highest BCUT2D eigenvalue weighted by molar-refractivity contribution is 5.38. The molecule has 16 heavy (non-hydrogen) atoms. The number of hydrogen-bond donors (Lipinski definition) is 1. The van der Waals surface area contributed by atoms with Gasteiger partial charge in [-0.1, -0.05) is 0 Å². The van der Waals surface area contributed by atoms with Gasteiger partial charge in [-0.25, -0.2) is 9.37 Å². The van der Waals surface area contributed by atoms with E-state index in [2.05, 4.69) is 4.98 Å². The molecule has 0 amide bonds. The summed E-state index contributed by atoms with van der Waals surface area (Å²) in [6.07, 6.45) is -3.47. The average molecular weight is 237 g/mol. The molecule has 0 fully saturated rings. The minimum Gasteiger partial charge on any atom is -0.346 e. The van der Waals surface area contributed by atoms with Crippen LogP contribution < -0.4 is 10.6 Å². The number of aromatic nitrogens is 1. The molecule has 3 nitrogen and oxygen atoms in total. The maximum atomic E-state index is 12.5. The van der Waals surface area contributed by atoms with E-state index < -0.39 is 18.5 Å². The van der Waals surface area contributed by atoms with Gasteiger partial charge in [-0.3, -0.25) is 0 Å². The first kappa shape index (κ1) is 12.7. The average Bonchev–Trinajstić information content (AvgIpc) is 2.16. The molecule has 0 atom stereocenters. The fourth-order valence-corrected chi connectivity index (χ4v) is 1.20. The lowest BCUT2D eigenvalue weighted by Gasteiger charge is -2.24. The maximum Gasteiger partial charge on any atom is 0.405 e. The van der Waals surface area contributed by atoms with Crippen molar-refractivity contribution >= 4 is 5.82 Å². The van der Waals surface area contributed by atoms with Gasteiger partial charge < -0.3 is 10.6 Å². The van der Waals surface area contributed by atoms with E-state index in [4.69, 9.17) is 5.73 Å². The van der Waals surface area contributed by atoms with Crippen molar-refractivity contribution in [2.45, 2.75) is 6.18 Å². The SMILES string of the molecule is NCCN(CC(F)(F)F)c1ccc(F)cn1. The van der Waals surface area contributed by atoms with Crippen LogP contribution in [0.4, 0.5) is 23.4 Å². The Bertz CT molecular complexity index is 323. The molecule has 90 valence electrons. The Balaban J connectivity index is 2.80. The van der Waals surface area contributed by atoms with E-state index in [0.29, 0.717) is 0 Å². The van der Waals surface area contributed by atoms with Crippen molar-refractivity contribution in [2.24, 2.45) is 5.73 Å². The number of rotatable bonds is 4. The summed E-state index contributed by atoms with van der Waals surface area (Å²) in [5.41, 5.74) is 5.20. The first-order valence-electron chi connectivity index (χ1n) is 4.55. The molecule has 0 saturated heterocycles. The molecular weight excluding hydrogens is 226 g/mol. The van der Waals surface area contributed by atoms with Gasteiger partial charge >= 0.3 is 6.18 Å². The number of alkyl halides is 3. The van der Waals surface area contributed by atoms with E-state index in [1.165, 1.54) is 6.07 Å². The first-order valence-corrected chi connectivity index (χ1v) is 4.55. The number of nitrogens with two attached hydrogens (primary N) is 1. The predicted octanol–water partition coefficient (Wildman–Crippen LogP) is 1.55. The van der Waals surface area contributed by atoms with Gasteiger partial charge in [-0.15, -0.1) is 0 Å². The summed E-state index contributed by atoms with van der Waals surface area (Å²) in [6.45, 7) is -1.07. The van der Waals surface area contributed by atoms with E-state index in [-0.39, 0.29) is 18.9 Å². The molecule has 0 aliphatic heterocycles. The van der Waals surface area contributed by atoms with Crippen molar-refractivity contribution in [2.75, 3.05) is 24.5 Å². The molecule has 1 heterocycles. The Morgan fingerprint density at radius 1 is 1.31 bits per heavy atom. The third-order valence-electron chi connectivity index (χ3n) is 1.80. The molecule has 0 aliphatic rings. The Hall–Kier alpha value is -1.37. The molecule has 0 spiro atoms. The van der Waals surface area contributed by atoms with Crippen LogP contribution in [0.1, 0.15) is 0 Å². The number of hydrogen-bond acceptors (Lipinski definition) is 3. The maximum absolute atomic E-state index is 12.5. The standard InChI is InChI=1S/C9H11F4N3/c10-7-1-2-8(15-5-7)16(4-3-14)6-9(11,12)13/h1-2,5H,3-4,6,14H2. The second-order valence-electron chi connectivity index (χ2n) is 3.16. The van der Waals surface area contributed by atoms with Gasteiger partial charge in [0.2, 0.25) is 0 Å². The number of halogens is 4. The van der Waals surface area contributed by atoms with E-state index in [1.54, 1.807) is 0 Å². The highest BCUT2D eigenvalue weighted by Crippen LogP contribution is 2.20. The van der Waals surface area contributed by atoms with E-state index in [9.17, 15) is 17.6 Å². The smallest absolute Gasteiger partial charge is 0.346 e. The quantitative estimate of drug-likeness (QED) is 0.808. The van der Waals surface area contributed by atoms with Crippen LogP contribution in [0.15, 0.2) is 18.3 Å². The highest BCUT2D eigenvalue weighted by atomic mass is 19.4. The molecule has 0 bridgehead atoms. The van der Waals surface area contributed by atoms with Gasteiger partial charge in [0.1, 0.15) is 18.2 Å². The predicted molar refractivity (Wildman–Crippen MR) is 51.5 cm³/mol. The van der Waals surface area contributed by atoms with Crippen molar-refractivity contribution in [3.63, 3.8) is 0 Å². The zero-order chi connectivity index (χ0) is 12.2. The molecule has 0 saturated carbocycles. The van der Waals surface area contributed by atoms with Crippen LogP contribution in [0.25, 0.3) is 0 Å². The van der Waals surface area contributed by atoms with Gasteiger partial charge in [0.25, 0.3) is 0 Å². The zero-order valence-corrected chi connectivity index (χ0v) is 8.34. The summed E-state index contributed by atoms with van der Waals surface area (Å²) >= 11 is 0.